The van der Waals surface area contributed by atoms with Gasteiger partial charge < -0.3 is 4.42 Å². The number of benzene rings is 9. The third-order valence-electron chi connectivity index (χ3n) is 9.21. The van der Waals surface area contributed by atoms with Gasteiger partial charge in [-0.15, -0.1) is 0 Å². The molecule has 0 unspecified atom stereocenters. The van der Waals surface area contributed by atoms with E-state index >= 15 is 0 Å². The molecule has 0 saturated carbocycles. The summed E-state index contributed by atoms with van der Waals surface area (Å²) in [6.45, 7) is 0. The van der Waals surface area contributed by atoms with Gasteiger partial charge in [-0.3, -0.25) is 0 Å². The molecule has 1 aromatic heterocycles. The first-order chi connectivity index (χ1) is 29.7. The second-order valence-corrected chi connectivity index (χ2v) is 11.8. The molecule has 0 fully saturated rings. The van der Waals surface area contributed by atoms with Crippen LogP contribution in [0.25, 0.3) is 98.8 Å². The molecule has 0 atom stereocenters. The van der Waals surface area contributed by atoms with E-state index in [2.05, 4.69) is 0 Å². The van der Waals surface area contributed by atoms with Crippen LogP contribution in [0.4, 0.5) is 0 Å². The first kappa shape index (κ1) is 17.6. The Hall–Kier alpha value is -6.44. The molecule has 9 aromatic carbocycles. The number of rotatable bonds is 4. The highest BCUT2D eigenvalue weighted by atomic mass is 16.3. The van der Waals surface area contributed by atoms with Gasteiger partial charge in [0.1, 0.15) is 11.2 Å². The van der Waals surface area contributed by atoms with Crippen molar-refractivity contribution in [3.63, 3.8) is 0 Å². The lowest BCUT2D eigenvalue weighted by Gasteiger charge is -2.21. The van der Waals surface area contributed by atoms with Crippen molar-refractivity contribution in [1.82, 2.24) is 0 Å². The molecule has 1 nitrogen and oxygen atoms in total. The first-order valence-electron chi connectivity index (χ1n) is 22.3. The predicted molar refractivity (Wildman–Crippen MR) is 208 cm³/mol. The molecule has 0 bridgehead atoms. The van der Waals surface area contributed by atoms with Crippen LogP contribution in [0.15, 0.2) is 186 Å². The second kappa shape index (κ2) is 11.1. The Bertz CT molecular complexity index is 3500. The maximum atomic E-state index is 9.54. The zero-order valence-corrected chi connectivity index (χ0v) is 25.7. The van der Waals surface area contributed by atoms with Gasteiger partial charge in [0.05, 0.1) is 17.8 Å². The van der Waals surface area contributed by atoms with Gasteiger partial charge in [-0.05, 0) is 95.0 Å². The number of fused-ring (bicyclic) bond motifs is 6. The molecule has 228 valence electrons. The molecule has 0 saturated heterocycles. The fraction of sp³-hybridized carbons (Fsp3) is 0. The smallest absolute Gasteiger partial charge is 0.135 e. The molecule has 0 N–H and O–H groups in total. The number of hydrogen-bond donors (Lipinski definition) is 0. The third-order valence-corrected chi connectivity index (χ3v) is 9.21. The van der Waals surface area contributed by atoms with Crippen LogP contribution in [-0.2, 0) is 0 Å². The van der Waals surface area contributed by atoms with Crippen molar-refractivity contribution >= 4 is 54.3 Å². The van der Waals surface area contributed by atoms with Crippen LogP contribution in [0.2, 0.25) is 0 Å². The van der Waals surface area contributed by atoms with E-state index in [9.17, 15) is 5.48 Å². The van der Waals surface area contributed by atoms with Crippen molar-refractivity contribution in [1.29, 1.82) is 0 Å². The monoisotopic (exact) mass is 635 g/mol. The van der Waals surface area contributed by atoms with Crippen LogP contribution in [0.5, 0.6) is 0 Å². The Morgan fingerprint density at radius 1 is 0.347 bits per heavy atom. The first-order valence-corrected chi connectivity index (χ1v) is 15.8. The molecule has 0 amide bonds. The van der Waals surface area contributed by atoms with Crippen molar-refractivity contribution in [3.8, 4) is 44.5 Å². The van der Waals surface area contributed by atoms with Gasteiger partial charge in [-0.1, -0.05) is 163 Å². The zero-order valence-electron chi connectivity index (χ0n) is 38.7. The summed E-state index contributed by atoms with van der Waals surface area (Å²) < 4.78 is 123. The van der Waals surface area contributed by atoms with Gasteiger partial charge in [-0.2, -0.15) is 0 Å². The molecule has 0 spiro atoms. The van der Waals surface area contributed by atoms with Gasteiger partial charge >= 0.3 is 0 Å². The van der Waals surface area contributed by atoms with Crippen molar-refractivity contribution in [2.24, 2.45) is 0 Å². The van der Waals surface area contributed by atoms with Crippen LogP contribution in [0.1, 0.15) is 17.8 Å². The number of furan rings is 1. The number of para-hydroxylation sites is 1. The standard InChI is InChI=1S/C48H30O/c1-2-12-32(13-3-1)37-28-26-33-14-4-5-15-36(33)47(37)48-41-19-8-6-17-39(41)46(40-18-7-9-20-42(40)48)34-24-22-31(23-25-34)35-27-29-45-43(30-35)38-16-10-11-21-44(38)49-45/h1-30H/i1D,2D,3D,6D,7D,8D,9D,12D,13D,17D,18D,19D,20D. The minimum absolute atomic E-state index is 0.00798. The van der Waals surface area contributed by atoms with Crippen LogP contribution < -0.4 is 0 Å². The summed E-state index contributed by atoms with van der Waals surface area (Å²) in [7, 11) is 0. The van der Waals surface area contributed by atoms with E-state index in [1.807, 2.05) is 54.6 Å². The largest absolute Gasteiger partial charge is 0.456 e. The van der Waals surface area contributed by atoms with Crippen LogP contribution >= 0.6 is 0 Å². The average Bonchev–Trinajstić information content (AvgIpc) is 3.67. The molecule has 0 aliphatic heterocycles. The zero-order chi connectivity index (χ0) is 43.6. The number of hydrogen-bond acceptors (Lipinski definition) is 1. The summed E-state index contributed by atoms with van der Waals surface area (Å²) in [5, 5.41) is 2.83. The molecule has 10 aromatic rings. The highest BCUT2D eigenvalue weighted by Gasteiger charge is 2.21. The van der Waals surface area contributed by atoms with Crippen molar-refractivity contribution in [3.05, 3.63) is 182 Å². The summed E-state index contributed by atoms with van der Waals surface area (Å²) in [5.41, 5.74) is 3.88. The van der Waals surface area contributed by atoms with E-state index in [4.69, 9.17) is 16.8 Å². The normalized spacial score (nSPS) is 15.4. The highest BCUT2D eigenvalue weighted by molar-refractivity contribution is 6.25. The van der Waals surface area contributed by atoms with Gasteiger partial charge in [-0.25, -0.2) is 0 Å². The highest BCUT2D eigenvalue weighted by Crippen LogP contribution is 2.48. The van der Waals surface area contributed by atoms with Gasteiger partial charge in [0.25, 0.3) is 0 Å². The lowest BCUT2D eigenvalue weighted by Crippen LogP contribution is -1.94. The van der Waals surface area contributed by atoms with Gasteiger partial charge in [0, 0.05) is 10.8 Å². The van der Waals surface area contributed by atoms with E-state index in [0.717, 1.165) is 33.1 Å². The maximum Gasteiger partial charge on any atom is 0.135 e. The third kappa shape index (κ3) is 4.40. The molecule has 1 heteroatoms. The Kier molecular flexibility index (Phi) is 3.99. The van der Waals surface area contributed by atoms with Crippen molar-refractivity contribution in [2.45, 2.75) is 0 Å². The van der Waals surface area contributed by atoms with E-state index in [-0.39, 0.29) is 49.4 Å². The van der Waals surface area contributed by atoms with Gasteiger partial charge in [0.15, 0.2) is 0 Å². The van der Waals surface area contributed by atoms with E-state index in [0.29, 0.717) is 16.3 Å². The maximum absolute atomic E-state index is 9.54. The fourth-order valence-electron chi connectivity index (χ4n) is 7.03. The summed E-state index contributed by atoms with van der Waals surface area (Å²) in [4.78, 5) is 0. The molecule has 0 aliphatic carbocycles. The minimum atomic E-state index is -0.601. The van der Waals surface area contributed by atoms with Crippen molar-refractivity contribution in [2.75, 3.05) is 0 Å². The summed E-state index contributed by atoms with van der Waals surface area (Å²) in [6.07, 6.45) is 0. The molecular formula is C48H30O. The Balaban J connectivity index is 1.37. The molecule has 49 heavy (non-hydrogen) atoms. The fourth-order valence-corrected chi connectivity index (χ4v) is 7.03. The molecule has 0 radical (unpaired) electrons. The van der Waals surface area contributed by atoms with E-state index < -0.39 is 78.6 Å². The molecule has 1 heterocycles. The van der Waals surface area contributed by atoms with E-state index in [1.54, 1.807) is 48.5 Å². The minimum Gasteiger partial charge on any atom is -0.456 e. The quantitative estimate of drug-likeness (QED) is 0.175. The topological polar surface area (TPSA) is 13.1 Å². The Labute approximate surface area is 302 Å². The molecule has 10 rings (SSSR count). The molecule has 0 aliphatic rings. The Morgan fingerprint density at radius 3 is 1.65 bits per heavy atom. The summed E-state index contributed by atoms with van der Waals surface area (Å²) in [6, 6.07) is 24.2. The van der Waals surface area contributed by atoms with Crippen molar-refractivity contribution < 1.29 is 22.2 Å². The van der Waals surface area contributed by atoms with Crippen LogP contribution in [-0.4, -0.2) is 0 Å². The SMILES string of the molecule is [2H]c1c([2H])c([2H])c(-c2ccc3ccccc3c2-c2c3c([2H])c([2H])c([2H])c([2H])c3c(-c3ccc(-c4ccc5oc6ccccc6c5c4)cc3)c3c([2H])c([2H])c([2H])c([2H])c23)c([2H])c1[2H]. The van der Waals surface area contributed by atoms with Crippen LogP contribution in [0.3, 0.4) is 0 Å². The van der Waals surface area contributed by atoms with E-state index in [1.165, 1.54) is 0 Å². The average molecular weight is 636 g/mol. The second-order valence-electron chi connectivity index (χ2n) is 11.8. The predicted octanol–water partition coefficient (Wildman–Crippen LogP) is 13.7. The Morgan fingerprint density at radius 2 is 0.918 bits per heavy atom. The van der Waals surface area contributed by atoms with Crippen LogP contribution in [0, 0.1) is 0 Å². The molecular weight excluding hydrogens is 593 g/mol. The van der Waals surface area contributed by atoms with Gasteiger partial charge in [0.2, 0.25) is 0 Å². The summed E-state index contributed by atoms with van der Waals surface area (Å²) >= 11 is 0. The lowest BCUT2D eigenvalue weighted by molar-refractivity contribution is 0.669. The lowest BCUT2D eigenvalue weighted by atomic mass is 9.82. The summed E-state index contributed by atoms with van der Waals surface area (Å²) in [5.74, 6) is 0.